The Labute approximate surface area is 156 Å². The Morgan fingerprint density at radius 3 is 2.50 bits per heavy atom. The Morgan fingerprint density at radius 1 is 1.04 bits per heavy atom. The van der Waals surface area contributed by atoms with Gasteiger partial charge in [0.25, 0.3) is 5.89 Å². The Kier molecular flexibility index (Phi) is 5.32. The molecule has 0 fully saturated rings. The van der Waals surface area contributed by atoms with Crippen LogP contribution < -0.4 is 14.2 Å². The summed E-state index contributed by atoms with van der Waals surface area (Å²) < 4.78 is 21.8. The van der Waals surface area contributed by atoms with E-state index in [2.05, 4.69) is 10.1 Å². The van der Waals surface area contributed by atoms with Gasteiger partial charge < -0.3 is 18.7 Å². The second kappa shape index (κ2) is 7.66. The first-order chi connectivity index (χ1) is 12.5. The number of nitrogens with zero attached hydrogens (tertiary/aromatic N) is 2. The maximum atomic E-state index is 6.04. The standard InChI is InChI=1S/C19H19ClN2O4/c1-11-9-14(6-7-15(11)20)25-12(2)19-21-18(22-26-19)13-5-8-16(23-3)17(10-13)24-4/h5-10,12H,1-4H3/t12-/m1/s1. The highest BCUT2D eigenvalue weighted by atomic mass is 35.5. The van der Waals surface area contributed by atoms with Crippen LogP contribution in [0.3, 0.4) is 0 Å². The number of methoxy groups -OCH3 is 2. The van der Waals surface area contributed by atoms with E-state index in [4.69, 9.17) is 30.3 Å². The maximum Gasteiger partial charge on any atom is 0.267 e. The molecule has 0 saturated carbocycles. The van der Waals surface area contributed by atoms with Crippen LogP contribution in [-0.2, 0) is 0 Å². The summed E-state index contributed by atoms with van der Waals surface area (Å²) in [5, 5.41) is 4.72. The lowest BCUT2D eigenvalue weighted by molar-refractivity contribution is 0.175. The van der Waals surface area contributed by atoms with Crippen molar-refractivity contribution in [3.8, 4) is 28.6 Å². The summed E-state index contributed by atoms with van der Waals surface area (Å²) in [4.78, 5) is 4.42. The van der Waals surface area contributed by atoms with Gasteiger partial charge in [-0.1, -0.05) is 16.8 Å². The molecule has 0 amide bonds. The zero-order valence-electron chi connectivity index (χ0n) is 14.9. The molecule has 1 atom stereocenters. The quantitative estimate of drug-likeness (QED) is 0.614. The van der Waals surface area contributed by atoms with Crippen LogP contribution in [0.4, 0.5) is 0 Å². The van der Waals surface area contributed by atoms with Crippen molar-refractivity contribution < 1.29 is 18.7 Å². The summed E-state index contributed by atoms with van der Waals surface area (Å²) in [6.45, 7) is 3.76. The molecule has 0 radical (unpaired) electrons. The zero-order chi connectivity index (χ0) is 18.7. The lowest BCUT2D eigenvalue weighted by Gasteiger charge is -2.11. The molecular weight excluding hydrogens is 356 g/mol. The molecule has 3 aromatic rings. The van der Waals surface area contributed by atoms with Gasteiger partial charge in [-0.05, 0) is 55.8 Å². The molecule has 0 spiro atoms. The highest BCUT2D eigenvalue weighted by Crippen LogP contribution is 2.32. The van der Waals surface area contributed by atoms with E-state index in [0.717, 1.165) is 11.1 Å². The Bertz CT molecular complexity index is 910. The summed E-state index contributed by atoms with van der Waals surface area (Å²) in [6.07, 6.45) is -0.406. The summed E-state index contributed by atoms with van der Waals surface area (Å²) in [7, 11) is 3.16. The topological polar surface area (TPSA) is 66.6 Å². The van der Waals surface area contributed by atoms with Gasteiger partial charge >= 0.3 is 0 Å². The summed E-state index contributed by atoms with van der Waals surface area (Å²) in [6, 6.07) is 10.9. The van der Waals surface area contributed by atoms with Crippen LogP contribution >= 0.6 is 11.6 Å². The average Bonchev–Trinajstić information content (AvgIpc) is 3.14. The lowest BCUT2D eigenvalue weighted by Crippen LogP contribution is -2.03. The number of rotatable bonds is 6. The molecule has 0 aliphatic rings. The fraction of sp³-hybridized carbons (Fsp3) is 0.263. The number of halogens is 1. The maximum absolute atomic E-state index is 6.04. The monoisotopic (exact) mass is 374 g/mol. The first-order valence-electron chi connectivity index (χ1n) is 8.00. The van der Waals surface area contributed by atoms with Crippen LogP contribution in [0.1, 0.15) is 24.5 Å². The Balaban J connectivity index is 1.79. The number of hydrogen-bond donors (Lipinski definition) is 0. The van der Waals surface area contributed by atoms with Crippen molar-refractivity contribution in [2.45, 2.75) is 20.0 Å². The van der Waals surface area contributed by atoms with Crippen molar-refractivity contribution in [3.63, 3.8) is 0 Å². The van der Waals surface area contributed by atoms with Crippen molar-refractivity contribution in [1.29, 1.82) is 0 Å². The second-order valence-corrected chi connectivity index (χ2v) is 6.10. The third-order valence-corrected chi connectivity index (χ3v) is 4.30. The highest BCUT2D eigenvalue weighted by Gasteiger charge is 2.18. The van der Waals surface area contributed by atoms with Crippen LogP contribution in [0.15, 0.2) is 40.9 Å². The molecule has 1 heterocycles. The van der Waals surface area contributed by atoms with Gasteiger partial charge in [0.05, 0.1) is 14.2 Å². The van der Waals surface area contributed by atoms with Gasteiger partial charge in [-0.15, -0.1) is 0 Å². The number of aryl methyl sites for hydroxylation is 1. The molecule has 1 aromatic heterocycles. The zero-order valence-corrected chi connectivity index (χ0v) is 15.7. The van der Waals surface area contributed by atoms with Gasteiger partial charge in [-0.2, -0.15) is 4.98 Å². The highest BCUT2D eigenvalue weighted by molar-refractivity contribution is 6.31. The van der Waals surface area contributed by atoms with Crippen LogP contribution in [0, 0.1) is 6.92 Å². The smallest absolute Gasteiger partial charge is 0.267 e. The van der Waals surface area contributed by atoms with Gasteiger partial charge in [0.1, 0.15) is 5.75 Å². The fourth-order valence-corrected chi connectivity index (χ4v) is 2.56. The van der Waals surface area contributed by atoms with Gasteiger partial charge in [-0.3, -0.25) is 0 Å². The molecule has 0 bridgehead atoms. The summed E-state index contributed by atoms with van der Waals surface area (Å²) >= 11 is 6.04. The molecule has 2 aromatic carbocycles. The largest absolute Gasteiger partial charge is 0.493 e. The van der Waals surface area contributed by atoms with Gasteiger partial charge in [0, 0.05) is 10.6 Å². The van der Waals surface area contributed by atoms with Crippen LogP contribution in [0.5, 0.6) is 17.2 Å². The van der Waals surface area contributed by atoms with Crippen LogP contribution in [0.25, 0.3) is 11.4 Å². The first-order valence-corrected chi connectivity index (χ1v) is 8.38. The molecule has 6 nitrogen and oxygen atoms in total. The summed E-state index contributed by atoms with van der Waals surface area (Å²) in [5.41, 5.74) is 1.69. The van der Waals surface area contributed by atoms with Crippen molar-refractivity contribution in [2.75, 3.05) is 14.2 Å². The molecule has 3 rings (SSSR count). The number of aromatic nitrogens is 2. The van der Waals surface area contributed by atoms with Gasteiger partial charge in [-0.25, -0.2) is 0 Å². The molecule has 0 N–H and O–H groups in total. The Hall–Kier alpha value is -2.73. The van der Waals surface area contributed by atoms with Gasteiger partial charge in [0.15, 0.2) is 17.6 Å². The van der Waals surface area contributed by atoms with E-state index >= 15 is 0 Å². The third kappa shape index (κ3) is 3.75. The minimum Gasteiger partial charge on any atom is -0.493 e. The summed E-state index contributed by atoms with van der Waals surface area (Å²) in [5.74, 6) is 2.74. The molecule has 136 valence electrons. The van der Waals surface area contributed by atoms with Crippen molar-refractivity contribution in [1.82, 2.24) is 10.1 Å². The number of ether oxygens (including phenoxy) is 3. The number of benzene rings is 2. The number of hydrogen-bond acceptors (Lipinski definition) is 6. The van der Waals surface area contributed by atoms with E-state index in [1.807, 2.05) is 26.0 Å². The average molecular weight is 375 g/mol. The van der Waals surface area contributed by atoms with Crippen molar-refractivity contribution in [2.24, 2.45) is 0 Å². The van der Waals surface area contributed by atoms with Crippen molar-refractivity contribution in [3.05, 3.63) is 52.9 Å². The minimum atomic E-state index is -0.406. The molecule has 26 heavy (non-hydrogen) atoms. The SMILES string of the molecule is COc1ccc(-c2noc([C@@H](C)Oc3ccc(Cl)c(C)c3)n2)cc1OC. The lowest BCUT2D eigenvalue weighted by atomic mass is 10.2. The second-order valence-electron chi connectivity index (χ2n) is 5.70. The molecule has 0 saturated heterocycles. The van der Waals surface area contributed by atoms with E-state index < -0.39 is 6.10 Å². The first kappa shape index (κ1) is 18.1. The Morgan fingerprint density at radius 2 is 1.81 bits per heavy atom. The van der Waals surface area contributed by atoms with E-state index in [1.54, 1.807) is 38.5 Å². The fourth-order valence-electron chi connectivity index (χ4n) is 2.44. The van der Waals surface area contributed by atoms with E-state index in [9.17, 15) is 0 Å². The van der Waals surface area contributed by atoms with E-state index in [-0.39, 0.29) is 0 Å². The van der Waals surface area contributed by atoms with E-state index in [1.165, 1.54) is 0 Å². The van der Waals surface area contributed by atoms with E-state index in [0.29, 0.717) is 34.0 Å². The minimum absolute atomic E-state index is 0.377. The molecular formula is C19H19ClN2O4. The predicted octanol–water partition coefficient (Wildman–Crippen LogP) is 4.86. The molecule has 0 unspecified atom stereocenters. The molecule has 0 aliphatic heterocycles. The molecule has 7 heteroatoms. The molecule has 0 aliphatic carbocycles. The van der Waals surface area contributed by atoms with Crippen LogP contribution in [-0.4, -0.2) is 24.4 Å². The predicted molar refractivity (Wildman–Crippen MR) is 98.1 cm³/mol. The van der Waals surface area contributed by atoms with Crippen molar-refractivity contribution >= 4 is 11.6 Å². The normalized spacial score (nSPS) is 11.9. The van der Waals surface area contributed by atoms with Crippen LogP contribution in [0.2, 0.25) is 5.02 Å². The van der Waals surface area contributed by atoms with Gasteiger partial charge in [0.2, 0.25) is 5.82 Å². The third-order valence-electron chi connectivity index (χ3n) is 3.87.